The van der Waals surface area contributed by atoms with Crippen LogP contribution >= 0.6 is 0 Å². The fraction of sp³-hybridized carbons (Fsp3) is 0.300. The highest BCUT2D eigenvalue weighted by Crippen LogP contribution is 2.12. The molecule has 0 aliphatic heterocycles. The SMILES string of the molecule is COCc1cc(F)ccc1CNC=O. The zero-order valence-electron chi connectivity index (χ0n) is 7.92. The number of benzene rings is 1. The second-order valence-corrected chi connectivity index (χ2v) is 2.84. The number of nitrogens with one attached hydrogen (secondary N) is 1. The van der Waals surface area contributed by atoms with Gasteiger partial charge in [-0.1, -0.05) is 6.07 Å². The van der Waals surface area contributed by atoms with Crippen LogP contribution in [0.4, 0.5) is 4.39 Å². The van der Waals surface area contributed by atoms with Crippen molar-refractivity contribution in [1.29, 1.82) is 0 Å². The lowest BCUT2D eigenvalue weighted by atomic mass is 10.1. The summed E-state index contributed by atoms with van der Waals surface area (Å²) < 4.78 is 17.8. The van der Waals surface area contributed by atoms with Gasteiger partial charge in [-0.2, -0.15) is 0 Å². The van der Waals surface area contributed by atoms with Gasteiger partial charge >= 0.3 is 0 Å². The molecule has 0 saturated heterocycles. The van der Waals surface area contributed by atoms with E-state index in [0.717, 1.165) is 11.1 Å². The summed E-state index contributed by atoms with van der Waals surface area (Å²) in [6, 6.07) is 4.41. The standard InChI is InChI=1S/C10H12FNO2/c1-14-6-9-4-10(11)3-2-8(9)5-12-7-13/h2-4,7H,5-6H2,1H3,(H,12,13). The number of amides is 1. The summed E-state index contributed by atoms with van der Waals surface area (Å²) in [6.45, 7) is 0.732. The number of rotatable bonds is 5. The molecule has 0 bridgehead atoms. The summed E-state index contributed by atoms with van der Waals surface area (Å²) in [5.41, 5.74) is 1.61. The average Bonchev–Trinajstić information content (AvgIpc) is 2.17. The van der Waals surface area contributed by atoms with E-state index in [1.54, 1.807) is 13.2 Å². The molecule has 0 aromatic heterocycles. The van der Waals surface area contributed by atoms with E-state index in [1.165, 1.54) is 12.1 Å². The van der Waals surface area contributed by atoms with Crippen LogP contribution in [0.1, 0.15) is 11.1 Å². The number of hydrogen-bond donors (Lipinski definition) is 1. The average molecular weight is 197 g/mol. The number of carbonyl (C=O) groups excluding carboxylic acids is 1. The molecule has 0 fully saturated rings. The van der Waals surface area contributed by atoms with Crippen molar-refractivity contribution in [3.05, 3.63) is 35.1 Å². The van der Waals surface area contributed by atoms with E-state index in [2.05, 4.69) is 5.32 Å². The minimum absolute atomic E-state index is 0.299. The van der Waals surface area contributed by atoms with Crippen LogP contribution in [0.5, 0.6) is 0 Å². The normalized spacial score (nSPS) is 9.86. The number of halogens is 1. The lowest BCUT2D eigenvalue weighted by Crippen LogP contribution is -2.12. The van der Waals surface area contributed by atoms with Gasteiger partial charge in [0.15, 0.2) is 0 Å². The first-order chi connectivity index (χ1) is 6.77. The maximum atomic E-state index is 12.8. The molecule has 0 saturated carbocycles. The molecule has 1 rings (SSSR count). The topological polar surface area (TPSA) is 38.3 Å². The van der Waals surface area contributed by atoms with Crippen molar-refractivity contribution in [2.24, 2.45) is 0 Å². The molecular formula is C10H12FNO2. The Balaban J connectivity index is 2.83. The van der Waals surface area contributed by atoms with E-state index < -0.39 is 0 Å². The van der Waals surface area contributed by atoms with Gasteiger partial charge < -0.3 is 10.1 Å². The summed E-state index contributed by atoms with van der Waals surface area (Å²) in [6.07, 6.45) is 0.611. The Labute approximate surface area is 81.9 Å². The zero-order chi connectivity index (χ0) is 10.4. The molecule has 3 nitrogen and oxygen atoms in total. The Bertz CT molecular complexity index is 315. The maximum Gasteiger partial charge on any atom is 0.207 e. The molecule has 1 aromatic rings. The molecule has 1 amide bonds. The van der Waals surface area contributed by atoms with E-state index in [0.29, 0.717) is 19.6 Å². The quantitative estimate of drug-likeness (QED) is 0.721. The van der Waals surface area contributed by atoms with E-state index in [1.807, 2.05) is 0 Å². The van der Waals surface area contributed by atoms with Crippen LogP contribution in [-0.4, -0.2) is 13.5 Å². The molecule has 0 unspecified atom stereocenters. The molecule has 0 atom stereocenters. The van der Waals surface area contributed by atoms with Gasteiger partial charge in [0.1, 0.15) is 5.82 Å². The van der Waals surface area contributed by atoms with Crippen LogP contribution in [0, 0.1) is 5.82 Å². The van der Waals surface area contributed by atoms with Crippen LogP contribution in [0.3, 0.4) is 0 Å². The Morgan fingerprint density at radius 2 is 2.29 bits per heavy atom. The van der Waals surface area contributed by atoms with Crippen LogP contribution < -0.4 is 5.32 Å². The largest absolute Gasteiger partial charge is 0.380 e. The zero-order valence-corrected chi connectivity index (χ0v) is 7.92. The molecule has 0 aliphatic carbocycles. The number of carbonyl (C=O) groups is 1. The van der Waals surface area contributed by atoms with Gasteiger partial charge in [-0.25, -0.2) is 4.39 Å². The highest BCUT2D eigenvalue weighted by molar-refractivity contribution is 5.46. The molecule has 0 spiro atoms. The smallest absolute Gasteiger partial charge is 0.207 e. The molecular weight excluding hydrogens is 185 g/mol. The van der Waals surface area contributed by atoms with Gasteiger partial charge in [-0.15, -0.1) is 0 Å². The van der Waals surface area contributed by atoms with Gasteiger partial charge in [0.05, 0.1) is 6.61 Å². The second kappa shape index (κ2) is 5.34. The fourth-order valence-electron chi connectivity index (χ4n) is 1.21. The molecule has 1 N–H and O–H groups in total. The molecule has 0 radical (unpaired) electrons. The van der Waals surface area contributed by atoms with E-state index >= 15 is 0 Å². The monoisotopic (exact) mass is 197 g/mol. The Morgan fingerprint density at radius 3 is 2.93 bits per heavy atom. The molecule has 14 heavy (non-hydrogen) atoms. The molecule has 0 heterocycles. The lowest BCUT2D eigenvalue weighted by molar-refractivity contribution is -0.109. The number of hydrogen-bond acceptors (Lipinski definition) is 2. The van der Waals surface area contributed by atoms with Crippen LogP contribution in [0.15, 0.2) is 18.2 Å². The van der Waals surface area contributed by atoms with E-state index in [4.69, 9.17) is 4.74 Å². The summed E-state index contributed by atoms with van der Waals surface area (Å²) in [5, 5.41) is 2.52. The Hall–Kier alpha value is -1.42. The third-order valence-electron chi connectivity index (χ3n) is 1.84. The van der Waals surface area contributed by atoms with Crippen LogP contribution in [-0.2, 0) is 22.7 Å². The van der Waals surface area contributed by atoms with Gasteiger partial charge in [0, 0.05) is 13.7 Å². The van der Waals surface area contributed by atoms with Gasteiger partial charge in [0.2, 0.25) is 6.41 Å². The first-order valence-corrected chi connectivity index (χ1v) is 4.21. The Morgan fingerprint density at radius 1 is 1.50 bits per heavy atom. The maximum absolute atomic E-state index is 12.8. The lowest BCUT2D eigenvalue weighted by Gasteiger charge is -2.07. The molecule has 0 aliphatic rings. The van der Waals surface area contributed by atoms with Crippen LogP contribution in [0.25, 0.3) is 0 Å². The summed E-state index contributed by atoms with van der Waals surface area (Å²) in [7, 11) is 1.54. The van der Waals surface area contributed by atoms with Gasteiger partial charge in [-0.05, 0) is 23.3 Å². The van der Waals surface area contributed by atoms with Crippen LogP contribution in [0.2, 0.25) is 0 Å². The number of ether oxygens (including phenoxy) is 1. The fourth-order valence-corrected chi connectivity index (χ4v) is 1.21. The van der Waals surface area contributed by atoms with E-state index in [-0.39, 0.29) is 5.82 Å². The molecule has 76 valence electrons. The highest BCUT2D eigenvalue weighted by Gasteiger charge is 2.03. The second-order valence-electron chi connectivity index (χ2n) is 2.84. The minimum atomic E-state index is -0.299. The first kappa shape index (κ1) is 10.7. The molecule has 4 heteroatoms. The summed E-state index contributed by atoms with van der Waals surface area (Å²) in [4.78, 5) is 10.1. The van der Waals surface area contributed by atoms with Crippen molar-refractivity contribution in [2.45, 2.75) is 13.2 Å². The highest BCUT2D eigenvalue weighted by atomic mass is 19.1. The van der Waals surface area contributed by atoms with Crippen molar-refractivity contribution in [3.63, 3.8) is 0 Å². The van der Waals surface area contributed by atoms with Gasteiger partial charge in [-0.3, -0.25) is 4.79 Å². The predicted octanol–water partition coefficient (Wildman–Crippen LogP) is 1.22. The van der Waals surface area contributed by atoms with Crippen molar-refractivity contribution in [1.82, 2.24) is 5.32 Å². The Kier molecular flexibility index (Phi) is 4.07. The molecule has 1 aromatic carbocycles. The predicted molar refractivity (Wildman–Crippen MR) is 50.0 cm³/mol. The van der Waals surface area contributed by atoms with Crippen molar-refractivity contribution < 1.29 is 13.9 Å². The third-order valence-corrected chi connectivity index (χ3v) is 1.84. The van der Waals surface area contributed by atoms with E-state index in [9.17, 15) is 9.18 Å². The van der Waals surface area contributed by atoms with Crippen molar-refractivity contribution in [3.8, 4) is 0 Å². The van der Waals surface area contributed by atoms with Gasteiger partial charge in [0.25, 0.3) is 0 Å². The third kappa shape index (κ3) is 2.81. The summed E-state index contributed by atoms with van der Waals surface area (Å²) >= 11 is 0. The van der Waals surface area contributed by atoms with Crippen molar-refractivity contribution >= 4 is 6.41 Å². The minimum Gasteiger partial charge on any atom is -0.380 e. The number of methoxy groups -OCH3 is 1. The first-order valence-electron chi connectivity index (χ1n) is 4.21. The van der Waals surface area contributed by atoms with Crippen molar-refractivity contribution in [2.75, 3.05) is 7.11 Å². The summed E-state index contributed by atoms with van der Waals surface area (Å²) in [5.74, 6) is -0.299.